The van der Waals surface area contributed by atoms with E-state index in [9.17, 15) is 0 Å². The third kappa shape index (κ3) is 4.55. The molecule has 0 radical (unpaired) electrons. The molecule has 0 aromatic carbocycles. The van der Waals surface area contributed by atoms with Crippen LogP contribution in [0.1, 0.15) is 65.1 Å². The molecule has 2 heterocycles. The summed E-state index contributed by atoms with van der Waals surface area (Å²) in [6.07, 6.45) is 7.08. The fourth-order valence-electron chi connectivity index (χ4n) is 3.19. The number of hydrogen-bond donors (Lipinski definition) is 1. The van der Waals surface area contributed by atoms with Gasteiger partial charge < -0.3 is 5.32 Å². The van der Waals surface area contributed by atoms with Crippen LogP contribution in [0.3, 0.4) is 0 Å². The van der Waals surface area contributed by atoms with Crippen molar-refractivity contribution in [1.29, 1.82) is 0 Å². The van der Waals surface area contributed by atoms with Gasteiger partial charge >= 0.3 is 0 Å². The molecular formula is C17H32N4. The lowest BCUT2D eigenvalue weighted by Gasteiger charge is -2.28. The van der Waals surface area contributed by atoms with Crippen molar-refractivity contribution in [2.45, 2.75) is 78.0 Å². The van der Waals surface area contributed by atoms with Crippen molar-refractivity contribution in [3.8, 4) is 0 Å². The zero-order valence-corrected chi connectivity index (χ0v) is 14.2. The number of nitrogens with zero attached hydrogens (tertiary/aromatic N) is 3. The molecular weight excluding hydrogens is 260 g/mol. The molecule has 1 saturated heterocycles. The maximum Gasteiger partial charge on any atom is 0.0765 e. The van der Waals surface area contributed by atoms with Crippen molar-refractivity contribution in [1.82, 2.24) is 20.0 Å². The smallest absolute Gasteiger partial charge is 0.0765 e. The van der Waals surface area contributed by atoms with Crippen LogP contribution in [0.5, 0.6) is 0 Å². The van der Waals surface area contributed by atoms with Crippen molar-refractivity contribution in [3.05, 3.63) is 18.0 Å². The highest BCUT2D eigenvalue weighted by molar-refractivity contribution is 5.00. The van der Waals surface area contributed by atoms with Gasteiger partial charge in [0, 0.05) is 31.4 Å². The van der Waals surface area contributed by atoms with Crippen LogP contribution >= 0.6 is 0 Å². The van der Waals surface area contributed by atoms with E-state index in [1.807, 2.05) is 0 Å². The second-order valence-electron chi connectivity index (χ2n) is 6.57. The van der Waals surface area contributed by atoms with Gasteiger partial charge in [-0.3, -0.25) is 9.58 Å². The highest BCUT2D eigenvalue weighted by Gasteiger charge is 2.20. The van der Waals surface area contributed by atoms with E-state index in [1.54, 1.807) is 0 Å². The Morgan fingerprint density at radius 2 is 2.14 bits per heavy atom. The number of aromatic nitrogens is 2. The molecule has 1 unspecified atom stereocenters. The number of nitrogens with one attached hydrogen (secondary N) is 1. The Hall–Kier alpha value is -0.870. The normalized spacial score (nSPS) is 19.3. The minimum Gasteiger partial charge on any atom is -0.313 e. The third-order valence-corrected chi connectivity index (χ3v) is 4.69. The summed E-state index contributed by atoms with van der Waals surface area (Å²) in [5, 5.41) is 8.41. The van der Waals surface area contributed by atoms with E-state index in [0.717, 1.165) is 25.9 Å². The van der Waals surface area contributed by atoms with Crippen LogP contribution in [0.4, 0.5) is 0 Å². The molecule has 1 atom stereocenters. The Labute approximate surface area is 129 Å². The summed E-state index contributed by atoms with van der Waals surface area (Å²) < 4.78 is 2.15. The number of hydrogen-bond acceptors (Lipinski definition) is 3. The van der Waals surface area contributed by atoms with Gasteiger partial charge in [-0.15, -0.1) is 0 Å². The lowest BCUT2D eigenvalue weighted by Crippen LogP contribution is -2.40. The Bertz CT molecular complexity index is 403. The van der Waals surface area contributed by atoms with Crippen LogP contribution in [0.15, 0.2) is 12.3 Å². The molecule has 0 bridgehead atoms. The largest absolute Gasteiger partial charge is 0.313 e. The summed E-state index contributed by atoms with van der Waals surface area (Å²) >= 11 is 0. The molecule has 1 aliphatic rings. The van der Waals surface area contributed by atoms with Gasteiger partial charge in [-0.25, -0.2) is 0 Å². The van der Waals surface area contributed by atoms with E-state index in [2.05, 4.69) is 54.9 Å². The Morgan fingerprint density at radius 1 is 1.38 bits per heavy atom. The molecule has 0 saturated carbocycles. The first-order chi connectivity index (χ1) is 10.1. The average molecular weight is 292 g/mol. The second kappa shape index (κ2) is 7.95. The van der Waals surface area contributed by atoms with Crippen molar-refractivity contribution in [2.24, 2.45) is 0 Å². The van der Waals surface area contributed by atoms with Gasteiger partial charge in [0.15, 0.2) is 0 Å². The van der Waals surface area contributed by atoms with E-state index < -0.39 is 0 Å². The van der Waals surface area contributed by atoms with Gasteiger partial charge in [-0.2, -0.15) is 5.10 Å². The molecule has 0 spiro atoms. The molecule has 21 heavy (non-hydrogen) atoms. The van der Waals surface area contributed by atoms with Crippen LogP contribution in [0, 0.1) is 0 Å². The summed E-state index contributed by atoms with van der Waals surface area (Å²) in [6, 6.07) is 3.96. The Morgan fingerprint density at radius 3 is 2.71 bits per heavy atom. The summed E-state index contributed by atoms with van der Waals surface area (Å²) in [5.74, 6) is 0. The molecule has 120 valence electrons. The maximum atomic E-state index is 4.80. The Balaban J connectivity index is 1.96. The fourth-order valence-corrected chi connectivity index (χ4v) is 3.19. The molecule has 0 aliphatic carbocycles. The van der Waals surface area contributed by atoms with Crippen LogP contribution in [0.25, 0.3) is 0 Å². The zero-order chi connectivity index (χ0) is 15.2. The van der Waals surface area contributed by atoms with Gasteiger partial charge in [-0.05, 0) is 52.1 Å². The summed E-state index contributed by atoms with van der Waals surface area (Å²) in [5.41, 5.74) is 1.20. The molecule has 1 N–H and O–H groups in total. The van der Waals surface area contributed by atoms with E-state index >= 15 is 0 Å². The maximum absolute atomic E-state index is 4.80. The van der Waals surface area contributed by atoms with Gasteiger partial charge in [0.05, 0.1) is 11.7 Å². The quantitative estimate of drug-likeness (QED) is 0.798. The summed E-state index contributed by atoms with van der Waals surface area (Å²) in [7, 11) is 0. The molecule has 4 nitrogen and oxygen atoms in total. The Kier molecular flexibility index (Phi) is 6.24. The fraction of sp³-hybridized carbons (Fsp3) is 0.824. The first kappa shape index (κ1) is 16.5. The molecule has 2 rings (SSSR count). The van der Waals surface area contributed by atoms with E-state index in [1.165, 1.54) is 25.1 Å². The SMILES string of the molecule is CCC(CC)n1ccc(CN(CC2CCCN2)C(C)C)n1. The van der Waals surface area contributed by atoms with E-state index in [4.69, 9.17) is 5.10 Å². The predicted octanol–water partition coefficient (Wildman–Crippen LogP) is 3.21. The van der Waals surface area contributed by atoms with Gasteiger partial charge in [-0.1, -0.05) is 13.8 Å². The lowest BCUT2D eigenvalue weighted by molar-refractivity contribution is 0.191. The predicted molar refractivity (Wildman–Crippen MR) is 88.4 cm³/mol. The lowest BCUT2D eigenvalue weighted by atomic mass is 10.2. The first-order valence-corrected chi connectivity index (χ1v) is 8.65. The summed E-state index contributed by atoms with van der Waals surface area (Å²) in [6.45, 7) is 12.3. The molecule has 0 amide bonds. The van der Waals surface area contributed by atoms with Crippen molar-refractivity contribution >= 4 is 0 Å². The monoisotopic (exact) mass is 292 g/mol. The highest BCUT2D eigenvalue weighted by atomic mass is 15.3. The first-order valence-electron chi connectivity index (χ1n) is 8.65. The zero-order valence-electron chi connectivity index (χ0n) is 14.2. The van der Waals surface area contributed by atoms with Crippen molar-refractivity contribution < 1.29 is 0 Å². The molecule has 1 aromatic heterocycles. The van der Waals surface area contributed by atoms with E-state index in [-0.39, 0.29) is 0 Å². The molecule has 1 aliphatic heterocycles. The van der Waals surface area contributed by atoms with Gasteiger partial charge in [0.1, 0.15) is 0 Å². The van der Waals surface area contributed by atoms with Gasteiger partial charge in [0.25, 0.3) is 0 Å². The molecule has 4 heteroatoms. The van der Waals surface area contributed by atoms with Gasteiger partial charge in [0.2, 0.25) is 0 Å². The standard InChI is InChI=1S/C17H32N4/c1-5-17(6-2)21-11-9-16(19-21)13-20(14(3)4)12-15-8-7-10-18-15/h9,11,14-15,17-18H,5-8,10,12-13H2,1-4H3. The van der Waals surface area contributed by atoms with Crippen molar-refractivity contribution in [3.63, 3.8) is 0 Å². The third-order valence-electron chi connectivity index (χ3n) is 4.69. The molecule has 1 aromatic rings. The molecule has 1 fully saturated rings. The topological polar surface area (TPSA) is 33.1 Å². The van der Waals surface area contributed by atoms with Crippen LogP contribution in [-0.4, -0.2) is 39.9 Å². The number of rotatable bonds is 8. The minimum absolute atomic E-state index is 0.544. The second-order valence-corrected chi connectivity index (χ2v) is 6.57. The van der Waals surface area contributed by atoms with Crippen LogP contribution < -0.4 is 5.32 Å². The minimum atomic E-state index is 0.544. The van der Waals surface area contributed by atoms with Crippen LogP contribution in [-0.2, 0) is 6.54 Å². The van der Waals surface area contributed by atoms with Crippen molar-refractivity contribution in [2.75, 3.05) is 13.1 Å². The average Bonchev–Trinajstić information content (AvgIpc) is 3.11. The summed E-state index contributed by atoms with van der Waals surface area (Å²) in [4.78, 5) is 2.54. The highest BCUT2D eigenvalue weighted by Crippen LogP contribution is 2.16. The van der Waals surface area contributed by atoms with Crippen LogP contribution in [0.2, 0.25) is 0 Å². The van der Waals surface area contributed by atoms with E-state index in [0.29, 0.717) is 18.1 Å².